The van der Waals surface area contributed by atoms with Gasteiger partial charge in [-0.2, -0.15) is 0 Å². The highest BCUT2D eigenvalue weighted by Gasteiger charge is 2.19. The summed E-state index contributed by atoms with van der Waals surface area (Å²) in [5.41, 5.74) is 7.13. The van der Waals surface area contributed by atoms with Crippen LogP contribution in [0.2, 0.25) is 0 Å². The SMILES string of the molecule is CCC(C)C(N)C(=O)NCCCc1nc(C(=O)OCc2ccccc2)cn1C. The number of imidazole rings is 1. The largest absolute Gasteiger partial charge is 0.456 e. The van der Waals surface area contributed by atoms with Crippen LogP contribution in [0.3, 0.4) is 0 Å². The Bertz CT molecular complexity index is 773. The van der Waals surface area contributed by atoms with E-state index in [4.69, 9.17) is 10.5 Å². The molecule has 3 N–H and O–H groups in total. The van der Waals surface area contributed by atoms with Crippen molar-refractivity contribution in [2.75, 3.05) is 6.54 Å². The van der Waals surface area contributed by atoms with Crippen LogP contribution >= 0.6 is 0 Å². The third-order valence-electron chi connectivity index (χ3n) is 4.83. The maximum Gasteiger partial charge on any atom is 0.358 e. The molecule has 0 bridgehead atoms. The van der Waals surface area contributed by atoms with Gasteiger partial charge in [-0.05, 0) is 17.9 Å². The normalized spacial score (nSPS) is 13.0. The van der Waals surface area contributed by atoms with Crippen LogP contribution in [0, 0.1) is 5.92 Å². The number of hydrogen-bond donors (Lipinski definition) is 2. The number of amides is 1. The molecule has 2 atom stereocenters. The van der Waals surface area contributed by atoms with Crippen molar-refractivity contribution in [1.29, 1.82) is 0 Å². The van der Waals surface area contributed by atoms with Crippen molar-refractivity contribution in [1.82, 2.24) is 14.9 Å². The molecule has 2 rings (SSSR count). The zero-order valence-corrected chi connectivity index (χ0v) is 16.9. The van der Waals surface area contributed by atoms with Crippen molar-refractivity contribution in [2.45, 2.75) is 45.8 Å². The Balaban J connectivity index is 1.78. The second kappa shape index (κ2) is 10.6. The van der Waals surface area contributed by atoms with Gasteiger partial charge < -0.3 is 20.4 Å². The minimum Gasteiger partial charge on any atom is -0.456 e. The summed E-state index contributed by atoms with van der Waals surface area (Å²) in [6, 6.07) is 9.03. The van der Waals surface area contributed by atoms with Crippen LogP contribution in [0.25, 0.3) is 0 Å². The summed E-state index contributed by atoms with van der Waals surface area (Å²) in [6.45, 7) is 4.72. The lowest BCUT2D eigenvalue weighted by Gasteiger charge is -2.17. The molecule has 1 heterocycles. The number of esters is 1. The first kappa shape index (κ1) is 21.6. The van der Waals surface area contributed by atoms with Crippen molar-refractivity contribution in [3.8, 4) is 0 Å². The lowest BCUT2D eigenvalue weighted by molar-refractivity contribution is -0.123. The van der Waals surface area contributed by atoms with E-state index in [9.17, 15) is 9.59 Å². The van der Waals surface area contributed by atoms with E-state index in [0.29, 0.717) is 19.4 Å². The van der Waals surface area contributed by atoms with E-state index >= 15 is 0 Å². The molecule has 0 aliphatic rings. The van der Waals surface area contributed by atoms with E-state index in [-0.39, 0.29) is 24.1 Å². The fraction of sp³-hybridized carbons (Fsp3) is 0.476. The molecule has 1 aromatic carbocycles. The molecule has 7 heteroatoms. The van der Waals surface area contributed by atoms with Crippen molar-refractivity contribution < 1.29 is 14.3 Å². The Labute approximate surface area is 166 Å². The van der Waals surface area contributed by atoms with E-state index in [0.717, 1.165) is 17.8 Å². The number of ether oxygens (including phenoxy) is 1. The highest BCUT2D eigenvalue weighted by molar-refractivity contribution is 5.87. The summed E-state index contributed by atoms with van der Waals surface area (Å²) in [5.74, 6) is 0.351. The molecule has 0 fully saturated rings. The fourth-order valence-corrected chi connectivity index (χ4v) is 2.72. The number of nitrogens with one attached hydrogen (secondary N) is 1. The first-order valence-electron chi connectivity index (χ1n) is 9.69. The number of nitrogens with zero attached hydrogens (tertiary/aromatic N) is 2. The number of rotatable bonds is 10. The van der Waals surface area contributed by atoms with Gasteiger partial charge in [0.15, 0.2) is 5.69 Å². The molecule has 0 saturated carbocycles. The molecule has 2 aromatic rings. The lowest BCUT2D eigenvalue weighted by atomic mass is 9.99. The Hall–Kier alpha value is -2.67. The quantitative estimate of drug-likeness (QED) is 0.482. The van der Waals surface area contributed by atoms with Crippen molar-refractivity contribution >= 4 is 11.9 Å². The van der Waals surface area contributed by atoms with Gasteiger partial charge in [-0.15, -0.1) is 0 Å². The van der Waals surface area contributed by atoms with Gasteiger partial charge in [0.1, 0.15) is 12.4 Å². The van der Waals surface area contributed by atoms with E-state index in [1.165, 1.54) is 0 Å². The molecule has 1 amide bonds. The molecule has 28 heavy (non-hydrogen) atoms. The predicted octanol–water partition coefficient (Wildman–Crippen LogP) is 2.20. The van der Waals surface area contributed by atoms with Crippen molar-refractivity contribution in [3.05, 3.63) is 53.6 Å². The first-order chi connectivity index (χ1) is 13.4. The molecule has 0 aliphatic carbocycles. The number of hydrogen-bond acceptors (Lipinski definition) is 5. The third kappa shape index (κ3) is 6.20. The van der Waals surface area contributed by atoms with Crippen molar-refractivity contribution in [3.63, 3.8) is 0 Å². The zero-order chi connectivity index (χ0) is 20.5. The van der Waals surface area contributed by atoms with Gasteiger partial charge in [0.2, 0.25) is 5.91 Å². The van der Waals surface area contributed by atoms with E-state index in [1.54, 1.807) is 6.20 Å². The minimum atomic E-state index is -0.482. The van der Waals surface area contributed by atoms with Crippen LogP contribution in [-0.2, 0) is 29.6 Å². The number of aromatic nitrogens is 2. The molecule has 0 saturated heterocycles. The molecule has 7 nitrogen and oxygen atoms in total. The summed E-state index contributed by atoms with van der Waals surface area (Å²) in [7, 11) is 1.84. The van der Waals surface area contributed by atoms with Gasteiger partial charge in [-0.25, -0.2) is 9.78 Å². The van der Waals surface area contributed by atoms with Gasteiger partial charge in [-0.3, -0.25) is 4.79 Å². The van der Waals surface area contributed by atoms with Crippen LogP contribution in [-0.4, -0.2) is 34.0 Å². The summed E-state index contributed by atoms with van der Waals surface area (Å²) >= 11 is 0. The smallest absolute Gasteiger partial charge is 0.358 e. The van der Waals surface area contributed by atoms with E-state index in [1.807, 2.05) is 55.8 Å². The topological polar surface area (TPSA) is 99.2 Å². The molecule has 0 radical (unpaired) electrons. The average Bonchev–Trinajstić information content (AvgIpc) is 3.09. The predicted molar refractivity (Wildman–Crippen MR) is 108 cm³/mol. The number of carbonyl (C=O) groups excluding carboxylic acids is 2. The Morgan fingerprint density at radius 1 is 1.29 bits per heavy atom. The summed E-state index contributed by atoms with van der Waals surface area (Å²) in [5, 5.41) is 2.86. The van der Waals surface area contributed by atoms with Crippen LogP contribution in [0.4, 0.5) is 0 Å². The number of aryl methyl sites for hydroxylation is 2. The Morgan fingerprint density at radius 3 is 2.68 bits per heavy atom. The van der Waals surface area contributed by atoms with E-state index < -0.39 is 12.0 Å². The lowest BCUT2D eigenvalue weighted by Crippen LogP contribution is -2.44. The Morgan fingerprint density at radius 2 is 2.00 bits per heavy atom. The van der Waals surface area contributed by atoms with Crippen LogP contribution < -0.4 is 11.1 Å². The highest BCUT2D eigenvalue weighted by atomic mass is 16.5. The second-order valence-electron chi connectivity index (χ2n) is 7.02. The molecule has 0 spiro atoms. The van der Waals surface area contributed by atoms with Gasteiger partial charge >= 0.3 is 5.97 Å². The third-order valence-corrected chi connectivity index (χ3v) is 4.83. The summed E-state index contributed by atoms with van der Waals surface area (Å²) in [4.78, 5) is 28.6. The molecular weight excluding hydrogens is 356 g/mol. The van der Waals surface area contributed by atoms with Crippen LogP contribution in [0.15, 0.2) is 36.5 Å². The molecule has 1 aromatic heterocycles. The summed E-state index contributed by atoms with van der Waals surface area (Å²) < 4.78 is 7.12. The van der Waals surface area contributed by atoms with Gasteiger partial charge in [0.25, 0.3) is 0 Å². The van der Waals surface area contributed by atoms with Gasteiger partial charge in [0.05, 0.1) is 6.04 Å². The standard InChI is InChI=1S/C21H30N4O3/c1-4-15(2)19(22)20(26)23-12-8-11-18-24-17(13-25(18)3)21(27)28-14-16-9-6-5-7-10-16/h5-7,9-10,13,15,19H,4,8,11-12,14,22H2,1-3H3,(H,23,26). The fourth-order valence-electron chi connectivity index (χ4n) is 2.72. The summed E-state index contributed by atoms with van der Waals surface area (Å²) in [6.07, 6.45) is 3.88. The second-order valence-corrected chi connectivity index (χ2v) is 7.02. The maximum atomic E-state index is 12.2. The Kier molecular flexibility index (Phi) is 8.19. The van der Waals surface area contributed by atoms with Crippen LogP contribution in [0.5, 0.6) is 0 Å². The minimum absolute atomic E-state index is 0.126. The highest BCUT2D eigenvalue weighted by Crippen LogP contribution is 2.09. The molecule has 152 valence electrons. The van der Waals surface area contributed by atoms with Gasteiger partial charge in [0, 0.05) is 26.2 Å². The number of carbonyl (C=O) groups is 2. The monoisotopic (exact) mass is 386 g/mol. The van der Waals surface area contributed by atoms with E-state index in [2.05, 4.69) is 10.3 Å². The molecular formula is C21H30N4O3. The number of benzene rings is 1. The van der Waals surface area contributed by atoms with Crippen LogP contribution in [0.1, 0.15) is 48.6 Å². The van der Waals surface area contributed by atoms with Crippen molar-refractivity contribution in [2.24, 2.45) is 18.7 Å². The molecule has 2 unspecified atom stereocenters. The zero-order valence-electron chi connectivity index (χ0n) is 16.9. The number of nitrogens with two attached hydrogens (primary N) is 1. The first-order valence-corrected chi connectivity index (χ1v) is 9.69. The molecule has 0 aliphatic heterocycles. The van der Waals surface area contributed by atoms with Gasteiger partial charge in [-0.1, -0.05) is 50.6 Å². The maximum absolute atomic E-state index is 12.2. The average molecular weight is 386 g/mol.